The molecule has 3 aliphatic rings. The number of rotatable bonds is 11. The SMILES string of the molecule is COC(=O)[C@H](CCCCN)NC(=O)OC1CC[C@]2(CO2)C([C@@]2(C)O[C@@H]2CC=C(C)C)C1OC. The van der Waals surface area contributed by atoms with Gasteiger partial charge in [-0.15, -0.1) is 0 Å². The number of unbranched alkanes of at least 4 members (excludes halogenated alkanes) is 1. The van der Waals surface area contributed by atoms with E-state index in [1.165, 1.54) is 12.7 Å². The molecule has 33 heavy (non-hydrogen) atoms. The van der Waals surface area contributed by atoms with Crippen molar-refractivity contribution in [2.45, 2.75) is 94.9 Å². The molecule has 9 nitrogen and oxygen atoms in total. The number of esters is 1. The smallest absolute Gasteiger partial charge is 0.408 e. The molecule has 0 aromatic rings. The predicted octanol–water partition coefficient (Wildman–Crippen LogP) is 2.46. The third-order valence-corrected chi connectivity index (χ3v) is 7.22. The first-order valence-corrected chi connectivity index (χ1v) is 11.9. The van der Waals surface area contributed by atoms with Gasteiger partial charge in [-0.25, -0.2) is 9.59 Å². The van der Waals surface area contributed by atoms with Gasteiger partial charge in [0.15, 0.2) is 0 Å². The van der Waals surface area contributed by atoms with Gasteiger partial charge in [-0.1, -0.05) is 11.6 Å². The van der Waals surface area contributed by atoms with Gasteiger partial charge in [0.05, 0.1) is 25.7 Å². The molecule has 3 N–H and O–H groups in total. The zero-order valence-corrected chi connectivity index (χ0v) is 20.6. The van der Waals surface area contributed by atoms with Crippen LogP contribution in [0.2, 0.25) is 0 Å². The van der Waals surface area contributed by atoms with Crippen LogP contribution in [0.25, 0.3) is 0 Å². The summed E-state index contributed by atoms with van der Waals surface area (Å²) in [7, 11) is 2.93. The second-order valence-corrected chi connectivity index (χ2v) is 9.83. The highest BCUT2D eigenvalue weighted by atomic mass is 16.6. The third-order valence-electron chi connectivity index (χ3n) is 7.22. The maximum absolute atomic E-state index is 12.7. The van der Waals surface area contributed by atoms with Crippen molar-refractivity contribution in [1.82, 2.24) is 5.32 Å². The fraction of sp³-hybridized carbons (Fsp3) is 0.833. The molecule has 2 saturated heterocycles. The molecule has 1 aliphatic carbocycles. The molecular weight excluding hydrogens is 428 g/mol. The van der Waals surface area contributed by atoms with Gasteiger partial charge in [0.2, 0.25) is 0 Å². The van der Waals surface area contributed by atoms with Crippen molar-refractivity contribution in [3.8, 4) is 0 Å². The normalized spacial score (nSPS) is 35.5. The van der Waals surface area contributed by atoms with Crippen molar-refractivity contribution in [2.24, 2.45) is 11.7 Å². The highest BCUT2D eigenvalue weighted by Crippen LogP contribution is 2.59. The number of carbonyl (C=O) groups is 2. The molecule has 1 spiro atoms. The molecule has 0 bridgehead atoms. The maximum atomic E-state index is 12.7. The van der Waals surface area contributed by atoms with Gasteiger partial charge in [-0.2, -0.15) is 0 Å². The van der Waals surface area contributed by atoms with E-state index in [9.17, 15) is 9.59 Å². The summed E-state index contributed by atoms with van der Waals surface area (Å²) in [6.45, 7) is 7.43. The molecule has 7 atom stereocenters. The number of hydrogen-bond donors (Lipinski definition) is 2. The molecule has 3 unspecified atom stereocenters. The van der Waals surface area contributed by atoms with Crippen molar-refractivity contribution in [3.05, 3.63) is 11.6 Å². The fourth-order valence-corrected chi connectivity index (χ4v) is 5.27. The zero-order chi connectivity index (χ0) is 24.2. The molecular formula is C24H40N2O7. The average Bonchev–Trinajstić information content (AvgIpc) is 3.69. The Labute approximate surface area is 196 Å². The Morgan fingerprint density at radius 3 is 2.58 bits per heavy atom. The Morgan fingerprint density at radius 1 is 1.27 bits per heavy atom. The minimum absolute atomic E-state index is 0.0573. The number of allylic oxidation sites excluding steroid dienone is 1. The van der Waals surface area contributed by atoms with E-state index < -0.39 is 29.8 Å². The Morgan fingerprint density at radius 2 is 2.00 bits per heavy atom. The number of nitrogens with two attached hydrogens (primary N) is 1. The van der Waals surface area contributed by atoms with Crippen LogP contribution < -0.4 is 11.1 Å². The van der Waals surface area contributed by atoms with Crippen LogP contribution in [0.15, 0.2) is 11.6 Å². The first-order chi connectivity index (χ1) is 15.7. The lowest BCUT2D eigenvalue weighted by Crippen LogP contribution is -2.56. The van der Waals surface area contributed by atoms with E-state index in [1.807, 2.05) is 0 Å². The number of alkyl carbamates (subject to hydrolysis) is 1. The lowest BCUT2D eigenvalue weighted by atomic mass is 9.68. The lowest BCUT2D eigenvalue weighted by molar-refractivity contribution is -0.143. The number of carbonyl (C=O) groups excluding carboxylic acids is 2. The van der Waals surface area contributed by atoms with Gasteiger partial charge in [0.1, 0.15) is 29.5 Å². The van der Waals surface area contributed by atoms with E-state index in [0.29, 0.717) is 32.4 Å². The number of nitrogens with one attached hydrogen (secondary N) is 1. The lowest BCUT2D eigenvalue weighted by Gasteiger charge is -2.42. The molecule has 0 aromatic heterocycles. The Hall–Kier alpha value is -1.68. The topological polar surface area (TPSA) is 125 Å². The molecule has 0 radical (unpaired) electrons. The van der Waals surface area contributed by atoms with Crippen molar-refractivity contribution in [2.75, 3.05) is 27.4 Å². The minimum atomic E-state index is -0.773. The van der Waals surface area contributed by atoms with Crippen LogP contribution in [-0.4, -0.2) is 75.0 Å². The summed E-state index contributed by atoms with van der Waals surface area (Å²) in [6.07, 6.45) is 4.87. The molecule has 1 amide bonds. The van der Waals surface area contributed by atoms with E-state index in [4.69, 9.17) is 29.4 Å². The Bertz CT molecular complexity index is 734. The highest BCUT2D eigenvalue weighted by Gasteiger charge is 2.72. The number of amides is 1. The number of ether oxygens (including phenoxy) is 5. The van der Waals surface area contributed by atoms with E-state index in [-0.39, 0.29) is 23.7 Å². The Kier molecular flexibility index (Phi) is 8.42. The van der Waals surface area contributed by atoms with Crippen molar-refractivity contribution in [1.29, 1.82) is 0 Å². The summed E-state index contributed by atoms with van der Waals surface area (Å²) in [5, 5.41) is 2.66. The van der Waals surface area contributed by atoms with Crippen molar-refractivity contribution >= 4 is 12.1 Å². The van der Waals surface area contributed by atoms with Crippen LogP contribution in [0, 0.1) is 5.92 Å². The predicted molar refractivity (Wildman–Crippen MR) is 122 cm³/mol. The van der Waals surface area contributed by atoms with Gasteiger partial charge >= 0.3 is 12.1 Å². The van der Waals surface area contributed by atoms with Crippen LogP contribution in [0.1, 0.15) is 59.3 Å². The number of epoxide rings is 2. The number of methoxy groups -OCH3 is 2. The molecule has 0 aromatic carbocycles. The molecule has 2 aliphatic heterocycles. The fourth-order valence-electron chi connectivity index (χ4n) is 5.27. The van der Waals surface area contributed by atoms with Crippen LogP contribution in [0.4, 0.5) is 4.79 Å². The first-order valence-electron chi connectivity index (χ1n) is 11.9. The molecule has 3 fully saturated rings. The zero-order valence-electron chi connectivity index (χ0n) is 20.6. The van der Waals surface area contributed by atoms with Crippen LogP contribution >= 0.6 is 0 Å². The molecule has 188 valence electrons. The molecule has 3 rings (SSSR count). The molecule has 2 heterocycles. The molecule has 9 heteroatoms. The first kappa shape index (κ1) is 25.9. The maximum Gasteiger partial charge on any atom is 0.408 e. The highest BCUT2D eigenvalue weighted by molar-refractivity contribution is 5.81. The molecule has 1 saturated carbocycles. The summed E-state index contributed by atoms with van der Waals surface area (Å²) in [5.74, 6) is -0.557. The van der Waals surface area contributed by atoms with Gasteiger partial charge in [0, 0.05) is 7.11 Å². The second-order valence-electron chi connectivity index (χ2n) is 9.83. The van der Waals surface area contributed by atoms with Gasteiger partial charge in [-0.3, -0.25) is 0 Å². The van der Waals surface area contributed by atoms with E-state index in [1.54, 1.807) is 7.11 Å². The largest absolute Gasteiger partial charge is 0.467 e. The number of hydrogen-bond acceptors (Lipinski definition) is 8. The van der Waals surface area contributed by atoms with Gasteiger partial charge in [0.25, 0.3) is 0 Å². The standard InChI is InChI=1S/C24H40N2O7/c1-15(2)9-10-18-23(3,33-18)20-19(29-4)17(11-12-24(20)14-31-24)32-22(28)26-16(21(27)30-5)8-6-7-13-25/h9,16-20H,6-8,10-14,25H2,1-5H3,(H,26,28)/t16-,17?,18+,19?,20?,23-,24-/m0/s1. The van der Waals surface area contributed by atoms with Crippen LogP contribution in [0.3, 0.4) is 0 Å². The summed E-state index contributed by atoms with van der Waals surface area (Å²) in [4.78, 5) is 24.8. The summed E-state index contributed by atoms with van der Waals surface area (Å²) < 4.78 is 28.7. The minimum Gasteiger partial charge on any atom is -0.467 e. The third kappa shape index (κ3) is 5.88. The van der Waals surface area contributed by atoms with Gasteiger partial charge in [-0.05, 0) is 65.8 Å². The summed E-state index contributed by atoms with van der Waals surface area (Å²) in [6, 6.07) is -0.773. The van der Waals surface area contributed by atoms with Crippen LogP contribution in [0.5, 0.6) is 0 Å². The summed E-state index contributed by atoms with van der Waals surface area (Å²) in [5.41, 5.74) is 6.09. The van der Waals surface area contributed by atoms with Gasteiger partial charge < -0.3 is 34.7 Å². The second kappa shape index (κ2) is 10.7. The van der Waals surface area contributed by atoms with Crippen LogP contribution in [-0.2, 0) is 28.5 Å². The summed E-state index contributed by atoms with van der Waals surface area (Å²) >= 11 is 0. The van der Waals surface area contributed by atoms with E-state index in [2.05, 4.69) is 32.2 Å². The quantitative estimate of drug-likeness (QED) is 0.205. The van der Waals surface area contributed by atoms with E-state index in [0.717, 1.165) is 19.3 Å². The van der Waals surface area contributed by atoms with Crippen molar-refractivity contribution < 1.29 is 33.3 Å². The van der Waals surface area contributed by atoms with Crippen molar-refractivity contribution in [3.63, 3.8) is 0 Å². The monoisotopic (exact) mass is 468 g/mol. The Balaban J connectivity index is 1.66. The average molecular weight is 469 g/mol. The van der Waals surface area contributed by atoms with E-state index >= 15 is 0 Å².